The Hall–Kier alpha value is -1.70. The number of rotatable bonds is 5. The highest BCUT2D eigenvalue weighted by atomic mass is 16.5. The lowest BCUT2D eigenvalue weighted by atomic mass is 10.0. The minimum absolute atomic E-state index is 0.0509. The number of anilines is 1. The van der Waals surface area contributed by atoms with E-state index in [0.717, 1.165) is 52.2 Å². The Bertz CT molecular complexity index is 550. The van der Waals surface area contributed by atoms with Crippen molar-refractivity contribution in [3.8, 4) is 0 Å². The van der Waals surface area contributed by atoms with Gasteiger partial charge in [-0.25, -0.2) is 4.98 Å². The molecule has 7 heteroatoms. The Labute approximate surface area is 149 Å². The van der Waals surface area contributed by atoms with Crippen LogP contribution in [0.3, 0.4) is 0 Å². The number of pyridine rings is 1. The molecule has 0 aromatic carbocycles. The molecule has 25 heavy (non-hydrogen) atoms. The van der Waals surface area contributed by atoms with E-state index in [-0.39, 0.29) is 5.91 Å². The van der Waals surface area contributed by atoms with E-state index in [1.54, 1.807) is 25.3 Å². The monoisotopic (exact) mass is 348 g/mol. The Balaban J connectivity index is 1.50. The fourth-order valence-electron chi connectivity index (χ4n) is 3.44. The zero-order valence-electron chi connectivity index (χ0n) is 14.9. The number of nitrogens with zero attached hydrogens (tertiary/aromatic N) is 3. The van der Waals surface area contributed by atoms with Gasteiger partial charge in [-0.15, -0.1) is 0 Å². The van der Waals surface area contributed by atoms with Crippen LogP contribution >= 0.6 is 0 Å². The molecule has 0 bridgehead atoms. The second-order valence-electron chi connectivity index (χ2n) is 6.83. The summed E-state index contributed by atoms with van der Waals surface area (Å²) in [5, 5.41) is 12.3. The Kier molecular flexibility index (Phi) is 6.23. The summed E-state index contributed by atoms with van der Waals surface area (Å²) < 4.78 is 5.42. The van der Waals surface area contributed by atoms with E-state index in [0.29, 0.717) is 24.0 Å². The van der Waals surface area contributed by atoms with E-state index in [2.05, 4.69) is 15.2 Å². The fourth-order valence-corrected chi connectivity index (χ4v) is 3.44. The predicted octanol–water partition coefficient (Wildman–Crippen LogP) is 0.811. The van der Waals surface area contributed by atoms with E-state index < -0.39 is 6.10 Å². The van der Waals surface area contributed by atoms with Crippen molar-refractivity contribution < 1.29 is 14.6 Å². The summed E-state index contributed by atoms with van der Waals surface area (Å²) in [6, 6.07) is 4.15. The highest BCUT2D eigenvalue weighted by Gasteiger charge is 2.28. The maximum Gasteiger partial charge on any atom is 0.255 e. The van der Waals surface area contributed by atoms with Gasteiger partial charge in [0.1, 0.15) is 5.82 Å². The minimum atomic E-state index is -0.434. The van der Waals surface area contributed by atoms with Gasteiger partial charge >= 0.3 is 0 Å². The zero-order chi connectivity index (χ0) is 17.6. The second-order valence-corrected chi connectivity index (χ2v) is 6.83. The molecule has 3 rings (SSSR count). The molecule has 2 N–H and O–H groups in total. The van der Waals surface area contributed by atoms with Gasteiger partial charge in [-0.2, -0.15) is 0 Å². The minimum Gasteiger partial charge on any atom is -0.392 e. The first kappa shape index (κ1) is 18.1. The summed E-state index contributed by atoms with van der Waals surface area (Å²) >= 11 is 0. The van der Waals surface area contributed by atoms with Gasteiger partial charge in [0, 0.05) is 45.0 Å². The normalized spacial score (nSPS) is 21.1. The molecule has 0 aliphatic carbocycles. The summed E-state index contributed by atoms with van der Waals surface area (Å²) in [5.74, 6) is 0.721. The first-order valence-corrected chi connectivity index (χ1v) is 9.12. The van der Waals surface area contributed by atoms with Crippen molar-refractivity contribution in [3.63, 3.8) is 0 Å². The molecular weight excluding hydrogens is 320 g/mol. The Morgan fingerprint density at radius 3 is 2.64 bits per heavy atom. The van der Waals surface area contributed by atoms with Crippen LogP contribution in [0.4, 0.5) is 5.82 Å². The molecule has 0 spiro atoms. The number of hydrogen-bond donors (Lipinski definition) is 2. The number of nitrogens with one attached hydrogen (secondary N) is 1. The Morgan fingerprint density at radius 2 is 2.04 bits per heavy atom. The standard InChI is InChI=1S/C18H28N4O3/c1-14(23)12-19-17-3-2-15(13-20-17)18(24)22-6-4-16(5-7-22)21-8-10-25-11-9-21/h2-3,13-14,16,23H,4-12H2,1H3,(H,19,20)/t14-/m0/s1. The quantitative estimate of drug-likeness (QED) is 0.820. The lowest BCUT2D eigenvalue weighted by Crippen LogP contribution is -2.50. The molecule has 0 unspecified atom stereocenters. The molecule has 2 aliphatic rings. The number of amides is 1. The molecule has 0 saturated carbocycles. The Morgan fingerprint density at radius 1 is 1.32 bits per heavy atom. The third kappa shape index (κ3) is 4.90. The van der Waals surface area contributed by atoms with Crippen LogP contribution in [0.5, 0.6) is 0 Å². The number of hydrogen-bond acceptors (Lipinski definition) is 6. The molecule has 2 aliphatic heterocycles. The van der Waals surface area contributed by atoms with E-state index in [1.807, 2.05) is 4.90 Å². The smallest absolute Gasteiger partial charge is 0.255 e. The number of aliphatic hydroxyl groups excluding tert-OH is 1. The van der Waals surface area contributed by atoms with Crippen molar-refractivity contribution in [1.82, 2.24) is 14.8 Å². The molecule has 1 amide bonds. The molecule has 7 nitrogen and oxygen atoms in total. The van der Waals surface area contributed by atoms with Gasteiger partial charge in [0.05, 0.1) is 24.9 Å². The first-order chi connectivity index (χ1) is 12.1. The molecule has 1 aromatic rings. The highest BCUT2D eigenvalue weighted by Crippen LogP contribution is 2.19. The fraction of sp³-hybridized carbons (Fsp3) is 0.667. The van der Waals surface area contributed by atoms with E-state index in [1.165, 1.54) is 0 Å². The molecular formula is C18H28N4O3. The molecule has 3 heterocycles. The number of aromatic nitrogens is 1. The van der Waals surface area contributed by atoms with Crippen molar-refractivity contribution in [2.75, 3.05) is 51.3 Å². The highest BCUT2D eigenvalue weighted by molar-refractivity contribution is 5.94. The van der Waals surface area contributed by atoms with Gasteiger partial charge in [-0.05, 0) is 31.9 Å². The van der Waals surface area contributed by atoms with Gasteiger partial charge in [-0.3, -0.25) is 9.69 Å². The number of likely N-dealkylation sites (tertiary alicyclic amines) is 1. The summed E-state index contributed by atoms with van der Waals surface area (Å²) in [6.07, 6.45) is 3.22. The number of morpholine rings is 1. The summed E-state index contributed by atoms with van der Waals surface area (Å²) in [6.45, 7) is 7.39. The molecule has 1 aromatic heterocycles. The third-order valence-electron chi connectivity index (χ3n) is 4.90. The van der Waals surface area contributed by atoms with Crippen LogP contribution in [-0.2, 0) is 4.74 Å². The second kappa shape index (κ2) is 8.60. The lowest BCUT2D eigenvalue weighted by Gasteiger charge is -2.40. The van der Waals surface area contributed by atoms with Gasteiger partial charge in [0.25, 0.3) is 5.91 Å². The van der Waals surface area contributed by atoms with Crippen LogP contribution in [0.1, 0.15) is 30.1 Å². The number of carbonyl (C=O) groups is 1. The number of aliphatic hydroxyl groups is 1. The van der Waals surface area contributed by atoms with Gasteiger partial charge < -0.3 is 20.1 Å². The maximum atomic E-state index is 12.7. The maximum absolute atomic E-state index is 12.7. The van der Waals surface area contributed by atoms with Crippen LogP contribution in [-0.4, -0.2) is 83.9 Å². The van der Waals surface area contributed by atoms with Crippen molar-refractivity contribution in [2.45, 2.75) is 31.9 Å². The van der Waals surface area contributed by atoms with E-state index in [9.17, 15) is 9.90 Å². The van der Waals surface area contributed by atoms with Crippen LogP contribution in [0.25, 0.3) is 0 Å². The number of ether oxygens (including phenoxy) is 1. The summed E-state index contributed by atoms with van der Waals surface area (Å²) in [7, 11) is 0. The molecule has 138 valence electrons. The average molecular weight is 348 g/mol. The van der Waals surface area contributed by atoms with Crippen molar-refractivity contribution in [2.24, 2.45) is 0 Å². The van der Waals surface area contributed by atoms with Gasteiger partial charge in [-0.1, -0.05) is 0 Å². The average Bonchev–Trinajstić information content (AvgIpc) is 2.67. The third-order valence-corrected chi connectivity index (χ3v) is 4.90. The van der Waals surface area contributed by atoms with E-state index >= 15 is 0 Å². The zero-order valence-corrected chi connectivity index (χ0v) is 14.9. The van der Waals surface area contributed by atoms with Gasteiger partial charge in [0.15, 0.2) is 0 Å². The first-order valence-electron chi connectivity index (χ1n) is 9.12. The SMILES string of the molecule is C[C@H](O)CNc1ccc(C(=O)N2CCC(N3CCOCC3)CC2)cn1. The lowest BCUT2D eigenvalue weighted by molar-refractivity contribution is 0.00158. The van der Waals surface area contributed by atoms with Crippen LogP contribution in [0, 0.1) is 0 Å². The molecule has 2 saturated heterocycles. The number of carbonyl (C=O) groups excluding carboxylic acids is 1. The summed E-state index contributed by atoms with van der Waals surface area (Å²) in [5.41, 5.74) is 0.618. The number of piperidine rings is 1. The van der Waals surface area contributed by atoms with Crippen LogP contribution in [0.15, 0.2) is 18.3 Å². The summed E-state index contributed by atoms with van der Waals surface area (Å²) in [4.78, 5) is 21.3. The topological polar surface area (TPSA) is 77.9 Å². The van der Waals surface area contributed by atoms with Crippen molar-refractivity contribution in [3.05, 3.63) is 23.9 Å². The molecule has 2 fully saturated rings. The van der Waals surface area contributed by atoms with Crippen molar-refractivity contribution in [1.29, 1.82) is 0 Å². The van der Waals surface area contributed by atoms with Crippen molar-refractivity contribution >= 4 is 11.7 Å². The largest absolute Gasteiger partial charge is 0.392 e. The molecule has 1 atom stereocenters. The predicted molar refractivity (Wildman–Crippen MR) is 95.7 cm³/mol. The van der Waals surface area contributed by atoms with Crippen LogP contribution < -0.4 is 5.32 Å². The van der Waals surface area contributed by atoms with Gasteiger partial charge in [0.2, 0.25) is 0 Å². The van der Waals surface area contributed by atoms with Crippen LogP contribution in [0.2, 0.25) is 0 Å². The molecule has 0 radical (unpaired) electrons. The van der Waals surface area contributed by atoms with E-state index in [4.69, 9.17) is 4.74 Å².